The number of ether oxygens (including phenoxy) is 1. The van der Waals surface area contributed by atoms with Crippen LogP contribution in [-0.4, -0.2) is 36.9 Å². The number of hydrogen-bond donors (Lipinski definition) is 2. The normalized spacial score (nSPS) is 20.0. The van der Waals surface area contributed by atoms with Gasteiger partial charge in [0, 0.05) is 35.1 Å². The number of alkyl carbamates (subject to hydrolysis) is 1. The molecule has 1 heterocycles. The van der Waals surface area contributed by atoms with Gasteiger partial charge in [0.25, 0.3) is 0 Å². The van der Waals surface area contributed by atoms with Crippen molar-refractivity contribution in [3.05, 3.63) is 59.7 Å². The number of nitrogens with zero attached hydrogens (tertiary/aromatic N) is 1. The molecule has 0 saturated heterocycles. The third kappa shape index (κ3) is 6.15. The van der Waals surface area contributed by atoms with Gasteiger partial charge < -0.3 is 15.4 Å². The molecular weight excluding hydrogens is 506 g/mol. The lowest BCUT2D eigenvalue weighted by Crippen LogP contribution is -2.38. The minimum atomic E-state index is -3.42. The van der Waals surface area contributed by atoms with Crippen molar-refractivity contribution in [1.29, 1.82) is 0 Å². The zero-order valence-electron chi connectivity index (χ0n) is 21.1. The fraction of sp³-hybridized carbons (Fsp3) is 0.429. The van der Waals surface area contributed by atoms with Gasteiger partial charge in [-0.3, -0.25) is 0 Å². The molecule has 2 saturated carbocycles. The Labute approximate surface area is 222 Å². The molecular formula is C28H33N3O4S2. The monoisotopic (exact) mass is 539 g/mol. The molecule has 0 atom stereocenters. The number of carbonyl (C=O) groups is 1. The number of anilines is 2. The summed E-state index contributed by atoms with van der Waals surface area (Å²) in [6, 6.07) is 15.5. The van der Waals surface area contributed by atoms with E-state index in [2.05, 4.69) is 10.6 Å². The molecule has 196 valence electrons. The molecule has 0 unspecified atom stereocenters. The highest BCUT2D eigenvalue weighted by atomic mass is 32.2. The number of nitrogens with one attached hydrogen (secondary N) is 2. The molecule has 9 heteroatoms. The van der Waals surface area contributed by atoms with Gasteiger partial charge in [0.05, 0.1) is 26.1 Å². The van der Waals surface area contributed by atoms with E-state index in [0.29, 0.717) is 23.7 Å². The first kappa shape index (κ1) is 25.7. The number of carbonyl (C=O) groups excluding carboxylic acids is 1. The predicted octanol–water partition coefficient (Wildman–Crippen LogP) is 6.65. The van der Waals surface area contributed by atoms with E-state index in [1.165, 1.54) is 0 Å². The molecule has 2 aromatic carbocycles. The number of aromatic nitrogens is 1. The lowest BCUT2D eigenvalue weighted by Gasteiger charge is -2.28. The molecule has 2 aliphatic rings. The van der Waals surface area contributed by atoms with Crippen LogP contribution in [0.3, 0.4) is 0 Å². The number of rotatable bonds is 8. The van der Waals surface area contributed by atoms with Gasteiger partial charge in [0.1, 0.15) is 0 Å². The number of para-hydroxylation sites is 1. The Morgan fingerprint density at radius 3 is 2.41 bits per heavy atom. The van der Waals surface area contributed by atoms with Gasteiger partial charge in [-0.05, 0) is 76.6 Å². The van der Waals surface area contributed by atoms with Crippen LogP contribution in [0.15, 0.2) is 59.6 Å². The second kappa shape index (κ2) is 10.8. The molecule has 37 heavy (non-hydrogen) atoms. The van der Waals surface area contributed by atoms with Crippen molar-refractivity contribution >= 4 is 38.6 Å². The summed E-state index contributed by atoms with van der Waals surface area (Å²) >= 11 is 1.58. The second-order valence-corrected chi connectivity index (χ2v) is 13.4. The fourth-order valence-corrected chi connectivity index (χ4v) is 7.87. The van der Waals surface area contributed by atoms with E-state index in [-0.39, 0.29) is 23.5 Å². The van der Waals surface area contributed by atoms with Crippen LogP contribution < -0.4 is 10.6 Å². The molecule has 0 spiro atoms. The average Bonchev–Trinajstić information content (AvgIpc) is 3.63. The Morgan fingerprint density at radius 1 is 1.00 bits per heavy atom. The molecule has 2 fully saturated rings. The van der Waals surface area contributed by atoms with Crippen LogP contribution in [0, 0.1) is 0 Å². The maximum absolute atomic E-state index is 13.4. The van der Waals surface area contributed by atoms with E-state index < -0.39 is 9.84 Å². The summed E-state index contributed by atoms with van der Waals surface area (Å²) in [4.78, 5) is 17.9. The average molecular weight is 540 g/mol. The molecule has 0 aliphatic heterocycles. The maximum Gasteiger partial charge on any atom is 0.407 e. The largest absolute Gasteiger partial charge is 0.447 e. The standard InChI is InChI=1S/C28H33N3O4S2/c1-18(2)35-28(32)31-21-10-8-19(9-11-21)27-29-17-25(36-27)24-15-12-22(30-20-6-4-3-5-7-20)16-26(24)37(33,34)23-13-14-23/h3-7,12,15-19,21,23,30H,8-11,13-14H2,1-2H3,(H,31,32). The Hall–Kier alpha value is -2.91. The van der Waals surface area contributed by atoms with Gasteiger partial charge in [0.15, 0.2) is 9.84 Å². The van der Waals surface area contributed by atoms with Crippen molar-refractivity contribution in [2.24, 2.45) is 0 Å². The maximum atomic E-state index is 13.4. The van der Waals surface area contributed by atoms with Crippen molar-refractivity contribution < 1.29 is 17.9 Å². The molecule has 3 aromatic rings. The summed E-state index contributed by atoms with van der Waals surface area (Å²) in [5, 5.41) is 7.02. The Kier molecular flexibility index (Phi) is 7.53. The fourth-order valence-electron chi connectivity index (χ4n) is 4.79. The SMILES string of the molecule is CC(C)OC(=O)NC1CCC(c2ncc(-c3ccc(Nc4ccccc4)cc3S(=O)(=O)C3CC3)s2)CC1. The van der Waals surface area contributed by atoms with Crippen molar-refractivity contribution in [3.63, 3.8) is 0 Å². The highest BCUT2D eigenvalue weighted by molar-refractivity contribution is 7.92. The van der Waals surface area contributed by atoms with Gasteiger partial charge >= 0.3 is 6.09 Å². The summed E-state index contributed by atoms with van der Waals surface area (Å²) < 4.78 is 32.0. The third-order valence-electron chi connectivity index (χ3n) is 6.84. The van der Waals surface area contributed by atoms with Crippen LogP contribution in [0.25, 0.3) is 10.4 Å². The lowest BCUT2D eigenvalue weighted by atomic mass is 9.86. The van der Waals surface area contributed by atoms with Crippen molar-refractivity contribution in [1.82, 2.24) is 10.3 Å². The minimum Gasteiger partial charge on any atom is -0.447 e. The third-order valence-corrected chi connectivity index (χ3v) is 10.3. The number of benzene rings is 2. The van der Waals surface area contributed by atoms with Gasteiger partial charge in [-0.15, -0.1) is 11.3 Å². The van der Waals surface area contributed by atoms with E-state index >= 15 is 0 Å². The predicted molar refractivity (Wildman–Crippen MR) is 147 cm³/mol. The molecule has 7 nitrogen and oxygen atoms in total. The number of hydrogen-bond acceptors (Lipinski definition) is 7. The smallest absolute Gasteiger partial charge is 0.407 e. The topological polar surface area (TPSA) is 97.4 Å². The van der Waals surface area contributed by atoms with Crippen molar-refractivity contribution in [3.8, 4) is 10.4 Å². The van der Waals surface area contributed by atoms with E-state index in [4.69, 9.17) is 9.72 Å². The summed E-state index contributed by atoms with van der Waals surface area (Å²) in [5.74, 6) is 0.306. The molecule has 1 amide bonds. The zero-order chi connectivity index (χ0) is 26.0. The summed E-state index contributed by atoms with van der Waals surface area (Å²) in [5.41, 5.74) is 2.38. The zero-order valence-corrected chi connectivity index (χ0v) is 22.8. The second-order valence-electron chi connectivity index (χ2n) is 10.2. The van der Waals surface area contributed by atoms with Crippen LogP contribution in [0.5, 0.6) is 0 Å². The molecule has 0 bridgehead atoms. The Balaban J connectivity index is 1.33. The Bertz CT molecular complexity index is 1340. The van der Waals surface area contributed by atoms with Crippen LogP contribution in [0.4, 0.5) is 16.2 Å². The summed E-state index contributed by atoms with van der Waals surface area (Å²) in [6.45, 7) is 3.68. The first-order valence-electron chi connectivity index (χ1n) is 12.9. The number of amides is 1. The molecule has 2 aliphatic carbocycles. The van der Waals surface area contributed by atoms with E-state index in [1.807, 2.05) is 62.5 Å². The molecule has 1 aromatic heterocycles. The number of sulfone groups is 1. The molecule has 2 N–H and O–H groups in total. The van der Waals surface area contributed by atoms with Gasteiger partial charge in [-0.1, -0.05) is 24.3 Å². The van der Waals surface area contributed by atoms with Gasteiger partial charge in [-0.25, -0.2) is 18.2 Å². The van der Waals surface area contributed by atoms with Crippen LogP contribution in [0.2, 0.25) is 0 Å². The highest BCUT2D eigenvalue weighted by Gasteiger charge is 2.38. The first-order valence-corrected chi connectivity index (χ1v) is 15.3. The molecule has 5 rings (SSSR count). The van der Waals surface area contributed by atoms with Gasteiger partial charge in [0.2, 0.25) is 0 Å². The van der Waals surface area contributed by atoms with E-state index in [9.17, 15) is 13.2 Å². The quantitative estimate of drug-likeness (QED) is 0.333. The minimum absolute atomic E-state index is 0.113. The van der Waals surface area contributed by atoms with Crippen LogP contribution in [-0.2, 0) is 14.6 Å². The van der Waals surface area contributed by atoms with Crippen molar-refractivity contribution in [2.45, 2.75) is 80.6 Å². The first-order chi connectivity index (χ1) is 17.8. The molecule has 0 radical (unpaired) electrons. The summed E-state index contributed by atoms with van der Waals surface area (Å²) in [7, 11) is -3.42. The lowest BCUT2D eigenvalue weighted by molar-refractivity contribution is 0.109. The van der Waals surface area contributed by atoms with Crippen LogP contribution in [0.1, 0.15) is 63.3 Å². The van der Waals surface area contributed by atoms with E-state index in [1.54, 1.807) is 17.4 Å². The number of thiazole rings is 1. The van der Waals surface area contributed by atoms with Crippen LogP contribution >= 0.6 is 11.3 Å². The van der Waals surface area contributed by atoms with Crippen molar-refractivity contribution in [2.75, 3.05) is 5.32 Å². The highest BCUT2D eigenvalue weighted by Crippen LogP contribution is 2.43. The summed E-state index contributed by atoms with van der Waals surface area (Å²) in [6.07, 6.45) is 6.34. The Morgan fingerprint density at radius 2 is 1.73 bits per heavy atom. The van der Waals surface area contributed by atoms with Gasteiger partial charge in [-0.2, -0.15) is 0 Å². The van der Waals surface area contributed by atoms with E-state index in [0.717, 1.165) is 52.5 Å².